The molecular weight excluding hydrogens is 215 g/mol. The van der Waals surface area contributed by atoms with Crippen LogP contribution in [0.4, 0.5) is 4.39 Å². The van der Waals surface area contributed by atoms with E-state index in [9.17, 15) is 4.39 Å². The fraction of sp³-hybridized carbons (Fsp3) is 0.167. The third-order valence-corrected chi connectivity index (χ3v) is 3.05. The van der Waals surface area contributed by atoms with Crippen molar-refractivity contribution >= 4 is 22.9 Å². The SMILES string of the molecule is Cc1c(-c2nnn[nH]2)sc(Cl)c1F. The van der Waals surface area contributed by atoms with Crippen LogP contribution in [0.5, 0.6) is 0 Å². The van der Waals surface area contributed by atoms with E-state index in [-0.39, 0.29) is 4.34 Å². The molecule has 2 aromatic heterocycles. The van der Waals surface area contributed by atoms with Crippen LogP contribution in [0.1, 0.15) is 5.56 Å². The van der Waals surface area contributed by atoms with Crippen LogP contribution in [0.2, 0.25) is 4.34 Å². The molecule has 0 atom stereocenters. The molecule has 0 aliphatic rings. The van der Waals surface area contributed by atoms with Crippen LogP contribution in [0.15, 0.2) is 0 Å². The molecule has 0 amide bonds. The average Bonchev–Trinajstić information content (AvgIpc) is 2.70. The molecule has 0 aliphatic heterocycles. The zero-order chi connectivity index (χ0) is 9.42. The van der Waals surface area contributed by atoms with E-state index < -0.39 is 5.82 Å². The molecule has 7 heteroatoms. The highest BCUT2D eigenvalue weighted by molar-refractivity contribution is 7.19. The minimum Gasteiger partial charge on any atom is -0.238 e. The van der Waals surface area contributed by atoms with Crippen molar-refractivity contribution in [3.05, 3.63) is 15.7 Å². The van der Waals surface area contributed by atoms with Gasteiger partial charge >= 0.3 is 0 Å². The second-order valence-electron chi connectivity index (χ2n) is 2.39. The molecule has 2 aromatic rings. The summed E-state index contributed by atoms with van der Waals surface area (Å²) in [4.78, 5) is 0.632. The van der Waals surface area contributed by atoms with Gasteiger partial charge in [0.05, 0.1) is 4.88 Å². The van der Waals surface area contributed by atoms with Crippen molar-refractivity contribution in [2.24, 2.45) is 0 Å². The molecule has 13 heavy (non-hydrogen) atoms. The molecule has 2 rings (SSSR count). The van der Waals surface area contributed by atoms with Crippen molar-refractivity contribution in [1.82, 2.24) is 20.6 Å². The summed E-state index contributed by atoms with van der Waals surface area (Å²) in [6.07, 6.45) is 0. The van der Waals surface area contributed by atoms with Crippen LogP contribution >= 0.6 is 22.9 Å². The van der Waals surface area contributed by atoms with Gasteiger partial charge in [0.15, 0.2) is 11.6 Å². The van der Waals surface area contributed by atoms with E-state index in [2.05, 4.69) is 20.6 Å². The number of halogens is 2. The summed E-state index contributed by atoms with van der Waals surface area (Å²) in [7, 11) is 0. The van der Waals surface area contributed by atoms with Crippen molar-refractivity contribution in [1.29, 1.82) is 0 Å². The van der Waals surface area contributed by atoms with Gasteiger partial charge in [-0.25, -0.2) is 9.49 Å². The van der Waals surface area contributed by atoms with Crippen LogP contribution in [0.25, 0.3) is 10.7 Å². The molecule has 4 nitrogen and oxygen atoms in total. The Hall–Kier alpha value is -1.01. The summed E-state index contributed by atoms with van der Waals surface area (Å²) in [5.74, 6) is 0.0337. The largest absolute Gasteiger partial charge is 0.238 e. The van der Waals surface area contributed by atoms with E-state index in [0.717, 1.165) is 11.3 Å². The minimum atomic E-state index is -0.405. The first-order chi connectivity index (χ1) is 6.20. The van der Waals surface area contributed by atoms with Crippen LogP contribution in [-0.2, 0) is 0 Å². The lowest BCUT2D eigenvalue weighted by Gasteiger charge is -1.89. The van der Waals surface area contributed by atoms with Crippen LogP contribution in [0.3, 0.4) is 0 Å². The Labute approximate surface area is 81.7 Å². The molecule has 0 radical (unpaired) electrons. The van der Waals surface area contributed by atoms with E-state index in [1.807, 2.05) is 0 Å². The van der Waals surface area contributed by atoms with E-state index in [1.165, 1.54) is 0 Å². The van der Waals surface area contributed by atoms with Gasteiger partial charge in [0, 0.05) is 5.56 Å². The first-order valence-electron chi connectivity index (χ1n) is 3.38. The van der Waals surface area contributed by atoms with E-state index in [0.29, 0.717) is 16.3 Å². The Kier molecular flexibility index (Phi) is 2.01. The van der Waals surface area contributed by atoms with Gasteiger partial charge in [-0.3, -0.25) is 0 Å². The van der Waals surface area contributed by atoms with Crippen LogP contribution in [-0.4, -0.2) is 20.6 Å². The molecule has 1 N–H and O–H groups in total. The standard InChI is InChI=1S/C6H4ClFN4S/c1-2-3(8)5(7)13-4(2)6-9-11-12-10-6/h1H3,(H,9,10,11,12). The maximum atomic E-state index is 13.1. The highest BCUT2D eigenvalue weighted by Crippen LogP contribution is 2.35. The number of aromatic amines is 1. The summed E-state index contributed by atoms with van der Waals surface area (Å²) < 4.78 is 13.3. The normalized spacial score (nSPS) is 10.7. The number of hydrogen-bond acceptors (Lipinski definition) is 4. The molecule has 0 spiro atoms. The molecule has 0 unspecified atom stereocenters. The molecule has 0 saturated carbocycles. The van der Waals surface area contributed by atoms with Crippen molar-refractivity contribution in [2.45, 2.75) is 6.92 Å². The van der Waals surface area contributed by atoms with E-state index in [1.54, 1.807) is 6.92 Å². The number of H-pyrrole nitrogens is 1. The number of thiophene rings is 1. The summed E-state index contributed by atoms with van der Waals surface area (Å²) in [6.45, 7) is 1.63. The Morgan fingerprint density at radius 3 is 2.77 bits per heavy atom. The Morgan fingerprint density at radius 1 is 1.54 bits per heavy atom. The van der Waals surface area contributed by atoms with Crippen molar-refractivity contribution in [3.8, 4) is 10.7 Å². The Bertz CT molecular complexity index is 424. The van der Waals surface area contributed by atoms with E-state index >= 15 is 0 Å². The predicted octanol–water partition coefficient (Wildman–Crippen LogP) is 2.03. The zero-order valence-corrected chi connectivity index (χ0v) is 8.08. The van der Waals surface area contributed by atoms with Gasteiger partial charge in [-0.05, 0) is 17.4 Å². The number of nitrogens with zero attached hydrogens (tertiary/aromatic N) is 3. The summed E-state index contributed by atoms with van der Waals surface area (Å²) in [5.41, 5.74) is 0.466. The number of nitrogens with one attached hydrogen (secondary N) is 1. The molecule has 0 aliphatic carbocycles. The monoisotopic (exact) mass is 218 g/mol. The van der Waals surface area contributed by atoms with Crippen molar-refractivity contribution in [3.63, 3.8) is 0 Å². The number of rotatable bonds is 1. The summed E-state index contributed by atoms with van der Waals surface area (Å²) in [5, 5.41) is 13.0. The van der Waals surface area contributed by atoms with Gasteiger partial charge in [-0.1, -0.05) is 11.6 Å². The summed E-state index contributed by atoms with van der Waals surface area (Å²) >= 11 is 6.73. The van der Waals surface area contributed by atoms with Gasteiger partial charge in [-0.15, -0.1) is 16.4 Å². The minimum absolute atomic E-state index is 0.129. The first-order valence-corrected chi connectivity index (χ1v) is 4.58. The molecule has 0 fully saturated rings. The average molecular weight is 219 g/mol. The number of hydrogen-bond donors (Lipinski definition) is 1. The van der Waals surface area contributed by atoms with E-state index in [4.69, 9.17) is 11.6 Å². The molecule has 0 bridgehead atoms. The molecule has 0 saturated heterocycles. The first kappa shape index (κ1) is 8.58. The van der Waals surface area contributed by atoms with Crippen molar-refractivity contribution in [2.75, 3.05) is 0 Å². The highest BCUT2D eigenvalue weighted by atomic mass is 35.5. The topological polar surface area (TPSA) is 54.5 Å². The number of aromatic nitrogens is 4. The maximum Gasteiger partial charge on any atom is 0.189 e. The fourth-order valence-electron chi connectivity index (χ4n) is 0.939. The smallest absolute Gasteiger partial charge is 0.189 e. The lowest BCUT2D eigenvalue weighted by atomic mass is 10.3. The van der Waals surface area contributed by atoms with Gasteiger partial charge < -0.3 is 0 Å². The number of tetrazole rings is 1. The zero-order valence-electron chi connectivity index (χ0n) is 6.51. The van der Waals surface area contributed by atoms with Gasteiger partial charge in [0.2, 0.25) is 0 Å². The Morgan fingerprint density at radius 2 is 2.31 bits per heavy atom. The fourth-order valence-corrected chi connectivity index (χ4v) is 2.16. The van der Waals surface area contributed by atoms with Gasteiger partial charge in [0.25, 0.3) is 0 Å². The molecular formula is C6H4ClFN4S. The van der Waals surface area contributed by atoms with Crippen LogP contribution < -0.4 is 0 Å². The molecule has 0 aromatic carbocycles. The third kappa shape index (κ3) is 1.31. The second-order valence-corrected chi connectivity index (χ2v) is 4.02. The lowest BCUT2D eigenvalue weighted by Crippen LogP contribution is -1.81. The Balaban J connectivity index is 2.59. The quantitative estimate of drug-likeness (QED) is 0.797. The molecule has 2 heterocycles. The summed E-state index contributed by atoms with van der Waals surface area (Å²) in [6, 6.07) is 0. The van der Waals surface area contributed by atoms with Gasteiger partial charge in [0.1, 0.15) is 4.34 Å². The second kappa shape index (κ2) is 3.04. The third-order valence-electron chi connectivity index (χ3n) is 1.59. The van der Waals surface area contributed by atoms with Crippen LogP contribution in [0, 0.1) is 12.7 Å². The predicted molar refractivity (Wildman–Crippen MR) is 47.2 cm³/mol. The highest BCUT2D eigenvalue weighted by Gasteiger charge is 2.16. The lowest BCUT2D eigenvalue weighted by molar-refractivity contribution is 0.625. The maximum absolute atomic E-state index is 13.1. The van der Waals surface area contributed by atoms with Crippen molar-refractivity contribution < 1.29 is 4.39 Å². The van der Waals surface area contributed by atoms with Gasteiger partial charge in [-0.2, -0.15) is 0 Å². The molecule has 68 valence electrons.